The van der Waals surface area contributed by atoms with E-state index >= 15 is 0 Å². The summed E-state index contributed by atoms with van der Waals surface area (Å²) in [6.07, 6.45) is 5.75. The van der Waals surface area contributed by atoms with Crippen molar-refractivity contribution in [2.24, 2.45) is 0 Å². The van der Waals surface area contributed by atoms with Gasteiger partial charge < -0.3 is 10.1 Å². The SMILES string of the molecule is CCOCCCNC(=O)C1(NS(C)(=O)=O)CCCCC1. The Morgan fingerprint density at radius 3 is 2.45 bits per heavy atom. The molecule has 2 N–H and O–H groups in total. The van der Waals surface area contributed by atoms with Gasteiger partial charge in [0.25, 0.3) is 0 Å². The quantitative estimate of drug-likeness (QED) is 0.649. The predicted molar refractivity (Wildman–Crippen MR) is 77.9 cm³/mol. The molecule has 1 saturated carbocycles. The Morgan fingerprint density at radius 2 is 1.90 bits per heavy atom. The Hall–Kier alpha value is -0.660. The van der Waals surface area contributed by atoms with Gasteiger partial charge in [0.2, 0.25) is 15.9 Å². The molecular weight excluding hydrogens is 280 g/mol. The van der Waals surface area contributed by atoms with Crippen LogP contribution in [-0.4, -0.2) is 45.9 Å². The Balaban J connectivity index is 2.56. The second-order valence-corrected chi connectivity index (χ2v) is 7.07. The van der Waals surface area contributed by atoms with Crippen molar-refractivity contribution in [3.05, 3.63) is 0 Å². The number of ether oxygens (including phenoxy) is 1. The Labute approximate surface area is 121 Å². The van der Waals surface area contributed by atoms with E-state index in [4.69, 9.17) is 4.74 Å². The molecule has 0 aromatic carbocycles. The highest BCUT2D eigenvalue weighted by molar-refractivity contribution is 7.88. The summed E-state index contributed by atoms with van der Waals surface area (Å²) in [5.74, 6) is -0.209. The maximum absolute atomic E-state index is 12.4. The van der Waals surface area contributed by atoms with Gasteiger partial charge >= 0.3 is 0 Å². The number of nitrogens with one attached hydrogen (secondary N) is 2. The van der Waals surface area contributed by atoms with Crippen LogP contribution in [0.1, 0.15) is 45.4 Å². The predicted octanol–water partition coefficient (Wildman–Crippen LogP) is 0.781. The zero-order chi connectivity index (χ0) is 15.1. The second-order valence-electron chi connectivity index (χ2n) is 5.32. The summed E-state index contributed by atoms with van der Waals surface area (Å²) in [6, 6.07) is 0. The molecule has 1 fully saturated rings. The van der Waals surface area contributed by atoms with Crippen LogP contribution in [0.4, 0.5) is 0 Å². The zero-order valence-electron chi connectivity index (χ0n) is 12.4. The second kappa shape index (κ2) is 7.95. The van der Waals surface area contributed by atoms with Crippen LogP contribution in [0, 0.1) is 0 Å². The molecule has 0 unspecified atom stereocenters. The minimum Gasteiger partial charge on any atom is -0.382 e. The standard InChI is InChI=1S/C13H26N2O4S/c1-3-19-11-7-10-14-12(16)13(15-20(2,17)18)8-5-4-6-9-13/h15H,3-11H2,1-2H3,(H,14,16). The molecule has 0 spiro atoms. The molecule has 0 bridgehead atoms. The normalized spacial score (nSPS) is 18.7. The van der Waals surface area contributed by atoms with E-state index in [1.54, 1.807) is 0 Å². The molecule has 118 valence electrons. The number of carbonyl (C=O) groups is 1. The number of hydrogen-bond donors (Lipinski definition) is 2. The molecule has 0 saturated heterocycles. The van der Waals surface area contributed by atoms with E-state index in [0.717, 1.165) is 31.9 Å². The maximum atomic E-state index is 12.4. The van der Waals surface area contributed by atoms with E-state index in [0.29, 0.717) is 32.6 Å². The van der Waals surface area contributed by atoms with Crippen molar-refractivity contribution in [1.82, 2.24) is 10.0 Å². The molecule has 0 atom stereocenters. The van der Waals surface area contributed by atoms with Crippen LogP contribution >= 0.6 is 0 Å². The van der Waals surface area contributed by atoms with E-state index in [9.17, 15) is 13.2 Å². The van der Waals surface area contributed by atoms with Gasteiger partial charge in [-0.2, -0.15) is 4.72 Å². The van der Waals surface area contributed by atoms with Crippen LogP contribution in [0.3, 0.4) is 0 Å². The Morgan fingerprint density at radius 1 is 1.25 bits per heavy atom. The first kappa shape index (κ1) is 17.4. The summed E-state index contributed by atoms with van der Waals surface area (Å²) in [6.45, 7) is 3.69. The molecule has 1 rings (SSSR count). The van der Waals surface area contributed by atoms with Crippen LogP contribution in [-0.2, 0) is 19.6 Å². The van der Waals surface area contributed by atoms with Crippen LogP contribution in [0.5, 0.6) is 0 Å². The molecule has 7 heteroatoms. The number of amides is 1. The third-order valence-electron chi connectivity index (χ3n) is 3.48. The molecule has 0 aromatic heterocycles. The van der Waals surface area contributed by atoms with Crippen molar-refractivity contribution in [1.29, 1.82) is 0 Å². The molecule has 1 aliphatic carbocycles. The number of hydrogen-bond acceptors (Lipinski definition) is 4. The summed E-state index contributed by atoms with van der Waals surface area (Å²) < 4.78 is 30.8. The third-order valence-corrected chi connectivity index (χ3v) is 4.24. The van der Waals surface area contributed by atoms with Crippen molar-refractivity contribution in [2.45, 2.75) is 51.0 Å². The fourth-order valence-corrected chi connectivity index (χ4v) is 3.58. The molecule has 0 aromatic rings. The van der Waals surface area contributed by atoms with Gasteiger partial charge in [0.1, 0.15) is 5.54 Å². The van der Waals surface area contributed by atoms with E-state index in [1.165, 1.54) is 0 Å². The van der Waals surface area contributed by atoms with E-state index in [2.05, 4.69) is 10.0 Å². The molecule has 0 aliphatic heterocycles. The molecule has 6 nitrogen and oxygen atoms in total. The largest absolute Gasteiger partial charge is 0.382 e. The lowest BCUT2D eigenvalue weighted by Gasteiger charge is -2.35. The molecule has 20 heavy (non-hydrogen) atoms. The van der Waals surface area contributed by atoms with Gasteiger partial charge in [-0.1, -0.05) is 19.3 Å². The minimum atomic E-state index is -3.40. The van der Waals surface area contributed by atoms with Crippen molar-refractivity contribution < 1.29 is 17.9 Å². The lowest BCUT2D eigenvalue weighted by atomic mass is 9.82. The monoisotopic (exact) mass is 306 g/mol. The summed E-state index contributed by atoms with van der Waals surface area (Å²) >= 11 is 0. The summed E-state index contributed by atoms with van der Waals surface area (Å²) in [5.41, 5.74) is -0.961. The van der Waals surface area contributed by atoms with Gasteiger partial charge in [0.05, 0.1) is 6.26 Å². The highest BCUT2D eigenvalue weighted by Gasteiger charge is 2.41. The number of carbonyl (C=O) groups excluding carboxylic acids is 1. The van der Waals surface area contributed by atoms with Gasteiger partial charge in [0, 0.05) is 19.8 Å². The molecule has 1 amide bonds. The summed E-state index contributed by atoms with van der Waals surface area (Å²) in [4.78, 5) is 12.4. The summed E-state index contributed by atoms with van der Waals surface area (Å²) in [7, 11) is -3.40. The lowest BCUT2D eigenvalue weighted by molar-refractivity contribution is -0.128. The van der Waals surface area contributed by atoms with Crippen molar-refractivity contribution in [2.75, 3.05) is 26.0 Å². The average Bonchev–Trinajstić information content (AvgIpc) is 2.37. The fraction of sp³-hybridized carbons (Fsp3) is 0.923. The number of rotatable bonds is 8. The molecule has 0 heterocycles. The van der Waals surface area contributed by atoms with Crippen molar-refractivity contribution in [3.63, 3.8) is 0 Å². The first-order valence-corrected chi connectivity index (χ1v) is 9.14. The van der Waals surface area contributed by atoms with Gasteiger partial charge in [-0.25, -0.2) is 8.42 Å². The molecule has 1 aliphatic rings. The van der Waals surface area contributed by atoms with Gasteiger partial charge in [0.15, 0.2) is 0 Å². The van der Waals surface area contributed by atoms with E-state index in [1.807, 2.05) is 6.92 Å². The van der Waals surface area contributed by atoms with Crippen LogP contribution in [0.15, 0.2) is 0 Å². The van der Waals surface area contributed by atoms with E-state index in [-0.39, 0.29) is 5.91 Å². The van der Waals surface area contributed by atoms with Crippen LogP contribution in [0.2, 0.25) is 0 Å². The fourth-order valence-electron chi connectivity index (χ4n) is 2.58. The van der Waals surface area contributed by atoms with Crippen LogP contribution < -0.4 is 10.0 Å². The van der Waals surface area contributed by atoms with E-state index < -0.39 is 15.6 Å². The highest BCUT2D eigenvalue weighted by atomic mass is 32.2. The van der Waals surface area contributed by atoms with Crippen LogP contribution in [0.25, 0.3) is 0 Å². The summed E-state index contributed by atoms with van der Waals surface area (Å²) in [5, 5.41) is 2.83. The topological polar surface area (TPSA) is 84.5 Å². The average molecular weight is 306 g/mol. The van der Waals surface area contributed by atoms with Gasteiger partial charge in [-0.3, -0.25) is 4.79 Å². The first-order valence-electron chi connectivity index (χ1n) is 7.24. The smallest absolute Gasteiger partial charge is 0.241 e. The minimum absolute atomic E-state index is 0.209. The van der Waals surface area contributed by atoms with Gasteiger partial charge in [-0.05, 0) is 26.2 Å². The number of sulfonamides is 1. The maximum Gasteiger partial charge on any atom is 0.241 e. The first-order chi connectivity index (χ1) is 9.40. The lowest BCUT2D eigenvalue weighted by Crippen LogP contribution is -2.59. The Kier molecular flexibility index (Phi) is 6.91. The van der Waals surface area contributed by atoms with Gasteiger partial charge in [-0.15, -0.1) is 0 Å². The third kappa shape index (κ3) is 5.76. The van der Waals surface area contributed by atoms with Crippen molar-refractivity contribution in [3.8, 4) is 0 Å². The molecule has 0 radical (unpaired) electrons. The molecular formula is C13H26N2O4S. The highest BCUT2D eigenvalue weighted by Crippen LogP contribution is 2.29. The Bertz CT molecular complexity index is 403. The zero-order valence-corrected chi connectivity index (χ0v) is 13.2. The van der Waals surface area contributed by atoms with Crippen molar-refractivity contribution >= 4 is 15.9 Å².